The predicted octanol–water partition coefficient (Wildman–Crippen LogP) is 3.10. The normalized spacial score (nSPS) is 12.7. The third-order valence-corrected chi connectivity index (χ3v) is 3.83. The molecule has 1 atom stereocenters. The fourth-order valence-electron chi connectivity index (χ4n) is 2.81. The van der Waals surface area contributed by atoms with Crippen LogP contribution >= 0.6 is 0 Å². The fourth-order valence-corrected chi connectivity index (χ4v) is 2.81. The standard InChI is InChI=1S/C19H27FN4O3/c1-7-9-14(22-18(26)27-19(2,3)4)16-21-13-11-8-10-12(20)15(13)17(25)24(16)23(5)6/h8,10-11,14H,7,9H2,1-6H3,(H,22,26)/t14-/m0/s1. The van der Waals surface area contributed by atoms with Crippen LogP contribution in [-0.4, -0.2) is 35.4 Å². The number of fused-ring (bicyclic) bond motifs is 1. The minimum absolute atomic E-state index is 0.0810. The van der Waals surface area contributed by atoms with Gasteiger partial charge >= 0.3 is 6.09 Å². The Hall–Kier alpha value is -2.64. The average molecular weight is 378 g/mol. The van der Waals surface area contributed by atoms with E-state index in [1.54, 1.807) is 40.9 Å². The van der Waals surface area contributed by atoms with E-state index in [0.717, 1.165) is 6.42 Å². The molecule has 1 amide bonds. The van der Waals surface area contributed by atoms with E-state index in [1.807, 2.05) is 6.92 Å². The summed E-state index contributed by atoms with van der Waals surface area (Å²) >= 11 is 0. The van der Waals surface area contributed by atoms with Gasteiger partial charge in [0.2, 0.25) is 0 Å². The average Bonchev–Trinajstić information content (AvgIpc) is 2.51. The van der Waals surface area contributed by atoms with E-state index in [-0.39, 0.29) is 10.9 Å². The van der Waals surface area contributed by atoms with Crippen LogP contribution < -0.4 is 15.9 Å². The largest absolute Gasteiger partial charge is 0.444 e. The van der Waals surface area contributed by atoms with Crippen molar-refractivity contribution in [1.29, 1.82) is 0 Å². The Balaban J connectivity index is 2.59. The van der Waals surface area contributed by atoms with Crippen molar-refractivity contribution in [3.63, 3.8) is 0 Å². The Morgan fingerprint density at radius 1 is 1.37 bits per heavy atom. The molecular weight excluding hydrogens is 351 g/mol. The second kappa shape index (κ2) is 7.94. The molecule has 0 saturated carbocycles. The lowest BCUT2D eigenvalue weighted by Crippen LogP contribution is -2.43. The summed E-state index contributed by atoms with van der Waals surface area (Å²) in [7, 11) is 3.32. The Morgan fingerprint density at radius 2 is 2.04 bits per heavy atom. The van der Waals surface area contributed by atoms with Gasteiger partial charge in [0.25, 0.3) is 5.56 Å². The fraction of sp³-hybridized carbons (Fsp3) is 0.526. The van der Waals surface area contributed by atoms with Gasteiger partial charge < -0.3 is 15.1 Å². The van der Waals surface area contributed by atoms with Gasteiger partial charge in [0, 0.05) is 14.1 Å². The van der Waals surface area contributed by atoms with Crippen LogP contribution in [0.5, 0.6) is 0 Å². The van der Waals surface area contributed by atoms with Crippen LogP contribution in [0.1, 0.15) is 52.4 Å². The molecular formula is C19H27FN4O3. The summed E-state index contributed by atoms with van der Waals surface area (Å²) in [6, 6.07) is 3.75. The zero-order chi connectivity index (χ0) is 20.4. The van der Waals surface area contributed by atoms with E-state index in [1.165, 1.54) is 21.8 Å². The monoisotopic (exact) mass is 378 g/mol. The van der Waals surface area contributed by atoms with Crippen molar-refractivity contribution in [1.82, 2.24) is 15.0 Å². The lowest BCUT2D eigenvalue weighted by Gasteiger charge is -2.27. The maximum absolute atomic E-state index is 14.2. The number of carbonyl (C=O) groups excluding carboxylic acids is 1. The summed E-state index contributed by atoms with van der Waals surface area (Å²) in [6.07, 6.45) is 0.686. The molecule has 27 heavy (non-hydrogen) atoms. The van der Waals surface area contributed by atoms with Gasteiger partial charge in [-0.25, -0.2) is 18.8 Å². The summed E-state index contributed by atoms with van der Waals surface area (Å²) in [5.74, 6) is -0.296. The number of nitrogens with one attached hydrogen (secondary N) is 1. The van der Waals surface area contributed by atoms with Crippen molar-refractivity contribution in [2.45, 2.75) is 52.2 Å². The molecule has 0 aliphatic carbocycles. The number of benzene rings is 1. The van der Waals surface area contributed by atoms with Crippen molar-refractivity contribution >= 4 is 17.0 Å². The molecule has 0 bridgehead atoms. The molecule has 1 N–H and O–H groups in total. The lowest BCUT2D eigenvalue weighted by molar-refractivity contribution is 0.0497. The summed E-state index contributed by atoms with van der Waals surface area (Å²) in [6.45, 7) is 7.28. The number of ether oxygens (including phenoxy) is 1. The van der Waals surface area contributed by atoms with E-state index >= 15 is 0 Å². The second-order valence-corrected chi connectivity index (χ2v) is 7.56. The first-order valence-electron chi connectivity index (χ1n) is 8.93. The SMILES string of the molecule is CCC[C@H](NC(=O)OC(C)(C)C)c1nc2cccc(F)c2c(=O)n1N(C)C. The molecule has 0 aliphatic heterocycles. The first kappa shape index (κ1) is 20.7. The van der Waals surface area contributed by atoms with Crippen LogP contribution in [0, 0.1) is 5.82 Å². The van der Waals surface area contributed by atoms with Gasteiger partial charge in [-0.1, -0.05) is 19.4 Å². The van der Waals surface area contributed by atoms with Gasteiger partial charge in [0.15, 0.2) is 5.82 Å². The van der Waals surface area contributed by atoms with Crippen molar-refractivity contribution < 1.29 is 13.9 Å². The van der Waals surface area contributed by atoms with Gasteiger partial charge in [0.05, 0.1) is 11.6 Å². The van der Waals surface area contributed by atoms with E-state index in [4.69, 9.17) is 4.74 Å². The molecule has 1 aromatic carbocycles. The molecule has 0 saturated heterocycles. The van der Waals surface area contributed by atoms with Crippen LogP contribution in [0.3, 0.4) is 0 Å². The topological polar surface area (TPSA) is 76.5 Å². The summed E-state index contributed by atoms with van der Waals surface area (Å²) < 4.78 is 20.8. The Kier molecular flexibility index (Phi) is 6.08. The van der Waals surface area contributed by atoms with Crippen molar-refractivity contribution in [3.8, 4) is 0 Å². The number of hydrogen-bond donors (Lipinski definition) is 1. The Bertz CT molecular complexity index is 887. The summed E-state index contributed by atoms with van der Waals surface area (Å²) in [4.78, 5) is 29.7. The Morgan fingerprint density at radius 3 is 2.59 bits per heavy atom. The van der Waals surface area contributed by atoms with Gasteiger partial charge in [-0.05, 0) is 39.3 Å². The predicted molar refractivity (Wildman–Crippen MR) is 103 cm³/mol. The summed E-state index contributed by atoms with van der Waals surface area (Å²) in [5.41, 5.74) is -0.924. The van der Waals surface area contributed by atoms with E-state index in [2.05, 4.69) is 10.3 Å². The number of hydrogen-bond acceptors (Lipinski definition) is 5. The van der Waals surface area contributed by atoms with Crippen LogP contribution in [-0.2, 0) is 4.74 Å². The highest BCUT2D eigenvalue weighted by Crippen LogP contribution is 2.20. The third kappa shape index (κ3) is 4.75. The van der Waals surface area contributed by atoms with E-state index < -0.39 is 29.1 Å². The van der Waals surface area contributed by atoms with E-state index in [9.17, 15) is 14.0 Å². The molecule has 7 nitrogen and oxygen atoms in total. The first-order chi connectivity index (χ1) is 12.5. The quantitative estimate of drug-likeness (QED) is 0.865. The zero-order valence-corrected chi connectivity index (χ0v) is 16.7. The van der Waals surface area contributed by atoms with E-state index in [0.29, 0.717) is 12.2 Å². The number of alkyl carbamates (subject to hydrolysis) is 1. The van der Waals surface area contributed by atoms with Crippen molar-refractivity contribution in [3.05, 3.63) is 40.2 Å². The number of aromatic nitrogens is 2. The molecule has 0 aliphatic rings. The highest BCUT2D eigenvalue weighted by Gasteiger charge is 2.25. The molecule has 0 unspecified atom stereocenters. The van der Waals surface area contributed by atoms with Gasteiger partial charge in [0.1, 0.15) is 16.8 Å². The number of carbonyl (C=O) groups is 1. The smallest absolute Gasteiger partial charge is 0.408 e. The van der Waals surface area contributed by atoms with Gasteiger partial charge in [-0.15, -0.1) is 0 Å². The molecule has 1 heterocycles. The molecule has 1 aromatic heterocycles. The highest BCUT2D eigenvalue weighted by atomic mass is 19.1. The van der Waals surface area contributed by atoms with Gasteiger partial charge in [-0.2, -0.15) is 0 Å². The molecule has 0 fully saturated rings. The summed E-state index contributed by atoms with van der Waals surface area (Å²) in [5, 5.41) is 4.23. The van der Waals surface area contributed by atoms with Crippen LogP contribution in [0.4, 0.5) is 9.18 Å². The molecule has 2 rings (SSSR count). The minimum atomic E-state index is -0.651. The molecule has 8 heteroatoms. The van der Waals surface area contributed by atoms with Crippen LogP contribution in [0.15, 0.2) is 23.0 Å². The van der Waals surface area contributed by atoms with Crippen LogP contribution in [0.2, 0.25) is 0 Å². The van der Waals surface area contributed by atoms with Gasteiger partial charge in [-0.3, -0.25) is 4.79 Å². The van der Waals surface area contributed by atoms with Crippen molar-refractivity contribution in [2.24, 2.45) is 0 Å². The highest BCUT2D eigenvalue weighted by molar-refractivity contribution is 5.78. The van der Waals surface area contributed by atoms with Crippen LogP contribution in [0.25, 0.3) is 10.9 Å². The molecule has 0 radical (unpaired) electrons. The molecule has 2 aromatic rings. The number of amides is 1. The number of rotatable bonds is 5. The number of halogens is 1. The maximum atomic E-state index is 14.2. The van der Waals surface area contributed by atoms with Crippen molar-refractivity contribution in [2.75, 3.05) is 19.1 Å². The Labute approximate surface area is 158 Å². The minimum Gasteiger partial charge on any atom is -0.444 e. The number of nitrogens with zero attached hydrogens (tertiary/aromatic N) is 3. The molecule has 148 valence electrons. The second-order valence-electron chi connectivity index (χ2n) is 7.56. The third-order valence-electron chi connectivity index (χ3n) is 3.83. The lowest BCUT2D eigenvalue weighted by atomic mass is 10.1. The maximum Gasteiger partial charge on any atom is 0.408 e. The first-order valence-corrected chi connectivity index (χ1v) is 8.93. The molecule has 0 spiro atoms. The zero-order valence-electron chi connectivity index (χ0n) is 16.7.